The maximum absolute atomic E-state index is 2.75. The fourth-order valence-electron chi connectivity index (χ4n) is 9.50. The van der Waals surface area contributed by atoms with Gasteiger partial charge < -0.3 is 0 Å². The first-order valence-corrected chi connectivity index (χ1v) is 13.3. The van der Waals surface area contributed by atoms with Crippen LogP contribution in [-0.4, -0.2) is 0 Å². The van der Waals surface area contributed by atoms with Gasteiger partial charge in [0.15, 0.2) is 0 Å². The Morgan fingerprint density at radius 3 is 2.25 bits per heavy atom. The van der Waals surface area contributed by atoms with Gasteiger partial charge in [-0.1, -0.05) is 67.2 Å². The van der Waals surface area contributed by atoms with Gasteiger partial charge in [-0.15, -0.1) is 0 Å². The third-order valence-corrected chi connectivity index (χ3v) is 11.1. The molecule has 0 aromatic heterocycles. The van der Waals surface area contributed by atoms with Crippen molar-refractivity contribution in [3.63, 3.8) is 0 Å². The van der Waals surface area contributed by atoms with Crippen LogP contribution >= 0.6 is 0 Å². The predicted molar refractivity (Wildman–Crippen MR) is 122 cm³/mol. The first kappa shape index (κ1) is 21.2. The van der Waals surface area contributed by atoms with Gasteiger partial charge in [-0.05, 0) is 110 Å². The summed E-state index contributed by atoms with van der Waals surface area (Å²) >= 11 is 0. The maximum Gasteiger partial charge on any atom is -0.0264 e. The maximum atomic E-state index is 2.75. The molecule has 9 atom stereocenters. The second kappa shape index (κ2) is 7.92. The molecule has 0 aromatic rings. The van der Waals surface area contributed by atoms with Crippen molar-refractivity contribution in [1.82, 2.24) is 0 Å². The van der Waals surface area contributed by atoms with E-state index in [1.807, 2.05) is 0 Å². The molecular formula is C28H50. The molecule has 0 amide bonds. The third kappa shape index (κ3) is 3.51. The second-order valence-corrected chi connectivity index (χ2v) is 13.1. The summed E-state index contributed by atoms with van der Waals surface area (Å²) in [5, 5.41) is 0. The Labute approximate surface area is 177 Å². The highest BCUT2D eigenvalue weighted by molar-refractivity contribution is 5.09. The van der Waals surface area contributed by atoms with Crippen LogP contribution in [0.1, 0.15) is 119 Å². The van der Waals surface area contributed by atoms with Crippen molar-refractivity contribution >= 4 is 0 Å². The van der Waals surface area contributed by atoms with Gasteiger partial charge in [0.1, 0.15) is 0 Å². The van der Waals surface area contributed by atoms with Gasteiger partial charge in [0.25, 0.3) is 0 Å². The third-order valence-electron chi connectivity index (χ3n) is 11.1. The summed E-state index contributed by atoms with van der Waals surface area (Å²) in [6, 6.07) is 0. The summed E-state index contributed by atoms with van der Waals surface area (Å²) in [6.45, 7) is 15.4. The molecular weight excluding hydrogens is 336 g/mol. The van der Waals surface area contributed by atoms with Gasteiger partial charge in [0.2, 0.25) is 0 Å². The molecule has 162 valence electrons. The van der Waals surface area contributed by atoms with E-state index in [1.165, 1.54) is 32.1 Å². The Kier molecular flexibility index (Phi) is 6.01. The van der Waals surface area contributed by atoms with Crippen LogP contribution in [0.25, 0.3) is 0 Å². The lowest BCUT2D eigenvalue weighted by Crippen LogP contribution is -2.53. The normalized spacial score (nSPS) is 49.4. The fraction of sp³-hybridized carbons (Fsp3) is 1.00. The van der Waals surface area contributed by atoms with Crippen molar-refractivity contribution in [3.05, 3.63) is 0 Å². The van der Waals surface area contributed by atoms with Crippen molar-refractivity contribution in [1.29, 1.82) is 0 Å². The zero-order valence-electron chi connectivity index (χ0n) is 20.1. The van der Waals surface area contributed by atoms with Crippen LogP contribution in [0.5, 0.6) is 0 Å². The van der Waals surface area contributed by atoms with Crippen molar-refractivity contribution in [2.75, 3.05) is 0 Å². The summed E-state index contributed by atoms with van der Waals surface area (Å²) in [6.07, 6.45) is 18.3. The monoisotopic (exact) mass is 386 g/mol. The summed E-state index contributed by atoms with van der Waals surface area (Å²) < 4.78 is 0. The molecule has 0 N–H and O–H groups in total. The van der Waals surface area contributed by atoms with Crippen molar-refractivity contribution in [2.24, 2.45) is 58.2 Å². The Bertz CT molecular complexity index is 534. The number of rotatable bonds is 5. The summed E-state index contributed by atoms with van der Waals surface area (Å²) in [7, 11) is 0. The standard InChI is InChI=1S/C28H50/c1-19(2)8-7-9-21(4)24-12-13-25-23-11-10-22-18-20(3)14-16-27(22,5)26(23)15-17-28(24,25)6/h19-26H,7-18H2,1-6H3/t20-,21?,22?,23?,24?,25?,26?,27?,28?/m1/s1. The fourth-order valence-corrected chi connectivity index (χ4v) is 9.50. The molecule has 4 aliphatic carbocycles. The van der Waals surface area contributed by atoms with Gasteiger partial charge >= 0.3 is 0 Å². The smallest absolute Gasteiger partial charge is 0.0264 e. The summed E-state index contributed by atoms with van der Waals surface area (Å²) in [5.41, 5.74) is 1.36. The molecule has 8 unspecified atom stereocenters. The van der Waals surface area contributed by atoms with E-state index in [1.54, 1.807) is 44.9 Å². The molecule has 0 spiro atoms. The molecule has 4 aliphatic rings. The van der Waals surface area contributed by atoms with Gasteiger partial charge in [0.05, 0.1) is 0 Å². The van der Waals surface area contributed by atoms with E-state index in [4.69, 9.17) is 0 Å². The van der Waals surface area contributed by atoms with E-state index in [2.05, 4.69) is 41.5 Å². The van der Waals surface area contributed by atoms with E-state index in [9.17, 15) is 0 Å². The van der Waals surface area contributed by atoms with Crippen LogP contribution in [0.3, 0.4) is 0 Å². The topological polar surface area (TPSA) is 0 Å². The SMILES string of the molecule is CC(C)CCCC(C)C1CCC2C3CCC4C[C@H](C)CCC4(C)C3CCC12C. The zero-order valence-corrected chi connectivity index (χ0v) is 20.1. The molecule has 4 fully saturated rings. The lowest BCUT2D eigenvalue weighted by Gasteiger charge is -2.61. The van der Waals surface area contributed by atoms with Crippen LogP contribution in [0, 0.1) is 58.2 Å². The largest absolute Gasteiger partial charge is 0.0628 e. The molecule has 4 rings (SSSR count). The minimum atomic E-state index is 0.670. The Hall–Kier alpha value is 0. The second-order valence-electron chi connectivity index (χ2n) is 13.1. The van der Waals surface area contributed by atoms with Gasteiger partial charge in [-0.25, -0.2) is 0 Å². The Morgan fingerprint density at radius 2 is 1.50 bits per heavy atom. The first-order valence-electron chi connectivity index (χ1n) is 13.3. The van der Waals surface area contributed by atoms with E-state index in [0.717, 1.165) is 47.3 Å². The van der Waals surface area contributed by atoms with Crippen molar-refractivity contribution in [3.8, 4) is 0 Å². The van der Waals surface area contributed by atoms with Crippen molar-refractivity contribution < 1.29 is 0 Å². The lowest BCUT2D eigenvalue weighted by atomic mass is 9.44. The molecule has 0 saturated heterocycles. The predicted octanol–water partition coefficient (Wildman–Crippen LogP) is 8.74. The summed E-state index contributed by atoms with van der Waals surface area (Å²) in [5.74, 6) is 8.08. The van der Waals surface area contributed by atoms with Crippen LogP contribution in [0.4, 0.5) is 0 Å². The molecule has 0 radical (unpaired) electrons. The van der Waals surface area contributed by atoms with E-state index in [-0.39, 0.29) is 0 Å². The van der Waals surface area contributed by atoms with E-state index >= 15 is 0 Å². The molecule has 0 nitrogen and oxygen atoms in total. The molecule has 0 heterocycles. The van der Waals surface area contributed by atoms with Gasteiger partial charge in [-0.2, -0.15) is 0 Å². The molecule has 0 bridgehead atoms. The van der Waals surface area contributed by atoms with Crippen LogP contribution in [-0.2, 0) is 0 Å². The Morgan fingerprint density at radius 1 is 0.786 bits per heavy atom. The average molecular weight is 387 g/mol. The van der Waals surface area contributed by atoms with Crippen LogP contribution in [0.2, 0.25) is 0 Å². The molecule has 0 aliphatic heterocycles. The number of hydrogen-bond acceptors (Lipinski definition) is 0. The molecule has 0 heteroatoms. The first-order chi connectivity index (χ1) is 13.3. The Balaban J connectivity index is 1.46. The number of hydrogen-bond donors (Lipinski definition) is 0. The van der Waals surface area contributed by atoms with E-state index < -0.39 is 0 Å². The van der Waals surface area contributed by atoms with Gasteiger partial charge in [-0.3, -0.25) is 0 Å². The lowest BCUT2D eigenvalue weighted by molar-refractivity contribution is -0.120. The highest BCUT2D eigenvalue weighted by Crippen LogP contribution is 2.68. The quantitative estimate of drug-likeness (QED) is 0.443. The molecule has 4 saturated carbocycles. The van der Waals surface area contributed by atoms with Crippen LogP contribution < -0.4 is 0 Å². The van der Waals surface area contributed by atoms with Crippen LogP contribution in [0.15, 0.2) is 0 Å². The van der Waals surface area contributed by atoms with Crippen molar-refractivity contribution in [2.45, 2.75) is 119 Å². The minimum Gasteiger partial charge on any atom is -0.0628 e. The number of fused-ring (bicyclic) bond motifs is 5. The molecule has 0 aromatic carbocycles. The van der Waals surface area contributed by atoms with Gasteiger partial charge in [0, 0.05) is 0 Å². The zero-order chi connectivity index (χ0) is 20.1. The highest BCUT2D eigenvalue weighted by atomic mass is 14.6. The average Bonchev–Trinajstić information content (AvgIpc) is 2.99. The summed E-state index contributed by atoms with van der Waals surface area (Å²) in [4.78, 5) is 0. The molecule has 28 heavy (non-hydrogen) atoms. The van der Waals surface area contributed by atoms with E-state index in [0.29, 0.717) is 10.8 Å². The highest BCUT2D eigenvalue weighted by Gasteiger charge is 2.60. The minimum absolute atomic E-state index is 0.670.